The Balaban J connectivity index is 1.62. The molecule has 1 aromatic rings. The van der Waals surface area contributed by atoms with E-state index in [-0.39, 0.29) is 5.60 Å². The summed E-state index contributed by atoms with van der Waals surface area (Å²) in [6, 6.07) is 8.31. The van der Waals surface area contributed by atoms with Gasteiger partial charge in [-0.3, -0.25) is 0 Å². The van der Waals surface area contributed by atoms with Crippen LogP contribution in [0.2, 0.25) is 0 Å². The van der Waals surface area contributed by atoms with Crippen LogP contribution >= 0.6 is 0 Å². The van der Waals surface area contributed by atoms with Crippen molar-refractivity contribution in [1.29, 1.82) is 0 Å². The second-order valence-corrected chi connectivity index (χ2v) is 7.01. The van der Waals surface area contributed by atoms with Crippen LogP contribution in [0.25, 0.3) is 0 Å². The van der Waals surface area contributed by atoms with Crippen molar-refractivity contribution in [2.45, 2.75) is 50.7 Å². The number of hydrogen-bond donors (Lipinski definition) is 1. The first-order valence-corrected chi connectivity index (χ1v) is 7.73. The van der Waals surface area contributed by atoms with E-state index >= 15 is 0 Å². The van der Waals surface area contributed by atoms with E-state index in [2.05, 4.69) is 24.3 Å². The maximum absolute atomic E-state index is 6.56. The van der Waals surface area contributed by atoms with Crippen molar-refractivity contribution in [2.24, 2.45) is 23.5 Å². The zero-order valence-corrected chi connectivity index (χ0v) is 11.5. The Morgan fingerprint density at radius 1 is 1.00 bits per heavy atom. The van der Waals surface area contributed by atoms with Gasteiger partial charge in [-0.1, -0.05) is 18.2 Å². The number of nitrogens with two attached hydrogens (primary N) is 1. The maximum Gasteiger partial charge on any atom is 0.124 e. The van der Waals surface area contributed by atoms with Crippen molar-refractivity contribution < 1.29 is 4.74 Å². The molecular formula is C17H23NO. The summed E-state index contributed by atoms with van der Waals surface area (Å²) in [6.07, 6.45) is 8.21. The summed E-state index contributed by atoms with van der Waals surface area (Å²) in [5, 5.41) is 0. The van der Waals surface area contributed by atoms with Crippen LogP contribution in [0.1, 0.15) is 44.1 Å². The molecule has 4 saturated carbocycles. The fourth-order valence-electron chi connectivity index (χ4n) is 5.16. The molecule has 102 valence electrons. The molecule has 4 aliphatic rings. The quantitative estimate of drug-likeness (QED) is 0.899. The summed E-state index contributed by atoms with van der Waals surface area (Å²) in [7, 11) is 0. The fraction of sp³-hybridized carbons (Fsp3) is 0.647. The molecule has 1 aromatic carbocycles. The van der Waals surface area contributed by atoms with Crippen molar-refractivity contribution in [3.05, 3.63) is 29.8 Å². The van der Waals surface area contributed by atoms with Crippen molar-refractivity contribution in [2.75, 3.05) is 0 Å². The van der Waals surface area contributed by atoms with Gasteiger partial charge in [0.05, 0.1) is 0 Å². The summed E-state index contributed by atoms with van der Waals surface area (Å²) < 4.78 is 6.56. The molecule has 0 aliphatic heterocycles. The number of rotatable bonds is 3. The van der Waals surface area contributed by atoms with E-state index in [0.29, 0.717) is 6.54 Å². The lowest BCUT2D eigenvalue weighted by molar-refractivity contribution is -0.108. The predicted molar refractivity (Wildman–Crippen MR) is 75.9 cm³/mol. The topological polar surface area (TPSA) is 35.2 Å². The number of para-hydroxylation sites is 1. The van der Waals surface area contributed by atoms with Crippen LogP contribution in [0.5, 0.6) is 5.75 Å². The third-order valence-corrected chi connectivity index (χ3v) is 5.50. The van der Waals surface area contributed by atoms with Crippen molar-refractivity contribution >= 4 is 0 Å². The first-order valence-electron chi connectivity index (χ1n) is 7.73. The van der Waals surface area contributed by atoms with Gasteiger partial charge in [0, 0.05) is 12.1 Å². The van der Waals surface area contributed by atoms with Gasteiger partial charge in [-0.25, -0.2) is 0 Å². The zero-order chi connectivity index (χ0) is 12.9. The maximum atomic E-state index is 6.56. The molecule has 19 heavy (non-hydrogen) atoms. The van der Waals surface area contributed by atoms with E-state index in [1.807, 2.05) is 0 Å². The Hall–Kier alpha value is -1.02. The Labute approximate surface area is 115 Å². The smallest absolute Gasteiger partial charge is 0.124 e. The van der Waals surface area contributed by atoms with E-state index in [1.54, 1.807) is 0 Å². The second kappa shape index (κ2) is 4.24. The van der Waals surface area contributed by atoms with Crippen LogP contribution in [-0.2, 0) is 6.54 Å². The lowest BCUT2D eigenvalue weighted by atomic mass is 9.54. The molecule has 0 atom stereocenters. The fourth-order valence-corrected chi connectivity index (χ4v) is 5.16. The first kappa shape index (κ1) is 11.8. The highest BCUT2D eigenvalue weighted by atomic mass is 16.5. The van der Waals surface area contributed by atoms with Gasteiger partial charge in [0.2, 0.25) is 0 Å². The highest BCUT2D eigenvalue weighted by molar-refractivity contribution is 5.34. The Kier molecular flexibility index (Phi) is 2.63. The van der Waals surface area contributed by atoms with E-state index in [4.69, 9.17) is 10.5 Å². The Bertz CT molecular complexity index is 447. The number of hydrogen-bond acceptors (Lipinski definition) is 2. The van der Waals surface area contributed by atoms with Crippen LogP contribution in [-0.4, -0.2) is 5.60 Å². The molecule has 0 unspecified atom stereocenters. The molecule has 4 aliphatic carbocycles. The molecule has 4 bridgehead atoms. The molecule has 2 heteroatoms. The minimum absolute atomic E-state index is 0.139. The summed E-state index contributed by atoms with van der Waals surface area (Å²) in [6.45, 7) is 0.572. The molecule has 0 amide bonds. The molecule has 2 N–H and O–H groups in total. The van der Waals surface area contributed by atoms with Crippen LogP contribution in [0, 0.1) is 17.8 Å². The Morgan fingerprint density at radius 3 is 2.16 bits per heavy atom. The average molecular weight is 257 g/mol. The standard InChI is InChI=1S/C17H23NO/c18-11-15-3-1-2-4-16(15)19-17-8-12-5-13(9-17)7-14(6-12)10-17/h1-4,12-14H,5-11,18H2. The predicted octanol–water partition coefficient (Wildman–Crippen LogP) is 3.49. The van der Waals surface area contributed by atoms with Gasteiger partial charge in [-0.05, 0) is 62.3 Å². The van der Waals surface area contributed by atoms with Crippen LogP contribution in [0.15, 0.2) is 24.3 Å². The van der Waals surface area contributed by atoms with Crippen LogP contribution in [0.3, 0.4) is 0 Å². The largest absolute Gasteiger partial charge is 0.487 e. The molecular weight excluding hydrogens is 234 g/mol. The SMILES string of the molecule is NCc1ccccc1OC12CC3CC(CC(C3)C1)C2. The van der Waals surface area contributed by atoms with E-state index in [0.717, 1.165) is 29.1 Å². The lowest BCUT2D eigenvalue weighted by Gasteiger charge is -2.56. The summed E-state index contributed by atoms with van der Waals surface area (Å²) in [4.78, 5) is 0. The first-order chi connectivity index (χ1) is 9.26. The van der Waals surface area contributed by atoms with Crippen LogP contribution in [0.4, 0.5) is 0 Å². The summed E-state index contributed by atoms with van der Waals surface area (Å²) in [5.74, 6) is 3.82. The van der Waals surface area contributed by atoms with Crippen molar-refractivity contribution in [1.82, 2.24) is 0 Å². The third kappa shape index (κ3) is 1.97. The number of ether oxygens (including phenoxy) is 1. The minimum atomic E-state index is 0.139. The molecule has 5 rings (SSSR count). The molecule has 2 nitrogen and oxygen atoms in total. The van der Waals surface area contributed by atoms with Gasteiger partial charge >= 0.3 is 0 Å². The van der Waals surface area contributed by atoms with E-state index in [9.17, 15) is 0 Å². The highest BCUT2D eigenvalue weighted by Crippen LogP contribution is 2.57. The average Bonchev–Trinajstić information content (AvgIpc) is 2.37. The van der Waals surface area contributed by atoms with Gasteiger partial charge < -0.3 is 10.5 Å². The van der Waals surface area contributed by atoms with E-state index < -0.39 is 0 Å². The number of benzene rings is 1. The van der Waals surface area contributed by atoms with Gasteiger partial charge in [-0.15, -0.1) is 0 Å². The van der Waals surface area contributed by atoms with Crippen molar-refractivity contribution in [3.8, 4) is 5.75 Å². The van der Waals surface area contributed by atoms with Crippen molar-refractivity contribution in [3.63, 3.8) is 0 Å². The van der Waals surface area contributed by atoms with Crippen LogP contribution < -0.4 is 10.5 Å². The molecule has 0 spiro atoms. The van der Waals surface area contributed by atoms with Gasteiger partial charge in [0.25, 0.3) is 0 Å². The van der Waals surface area contributed by atoms with Gasteiger partial charge in [0.15, 0.2) is 0 Å². The highest BCUT2D eigenvalue weighted by Gasteiger charge is 2.52. The zero-order valence-electron chi connectivity index (χ0n) is 11.5. The van der Waals surface area contributed by atoms with Gasteiger partial charge in [0.1, 0.15) is 11.4 Å². The minimum Gasteiger partial charge on any atom is -0.487 e. The second-order valence-electron chi connectivity index (χ2n) is 7.01. The normalized spacial score (nSPS) is 39.5. The third-order valence-electron chi connectivity index (χ3n) is 5.50. The Morgan fingerprint density at radius 2 is 1.58 bits per heavy atom. The molecule has 0 heterocycles. The van der Waals surface area contributed by atoms with Gasteiger partial charge in [-0.2, -0.15) is 0 Å². The molecule has 0 radical (unpaired) electrons. The monoisotopic (exact) mass is 257 g/mol. The molecule has 0 saturated heterocycles. The molecule has 4 fully saturated rings. The summed E-state index contributed by atoms with van der Waals surface area (Å²) >= 11 is 0. The lowest BCUT2D eigenvalue weighted by Crippen LogP contribution is -2.53. The summed E-state index contributed by atoms with van der Waals surface area (Å²) in [5.41, 5.74) is 7.13. The molecule has 0 aromatic heterocycles. The van der Waals surface area contributed by atoms with E-state index in [1.165, 1.54) is 38.5 Å².